The van der Waals surface area contributed by atoms with Gasteiger partial charge in [0.25, 0.3) is 0 Å². The zero-order chi connectivity index (χ0) is 21.8. The first-order valence-corrected chi connectivity index (χ1v) is 11.0. The molecule has 1 aromatic heterocycles. The number of hydrogen-bond donors (Lipinski definition) is 3. The molecule has 0 aliphatic carbocycles. The van der Waals surface area contributed by atoms with Crippen molar-refractivity contribution in [2.45, 2.75) is 38.8 Å². The molecule has 0 spiro atoms. The van der Waals surface area contributed by atoms with Crippen molar-refractivity contribution >= 4 is 16.9 Å². The highest BCUT2D eigenvalue weighted by Crippen LogP contribution is 2.34. The number of aromatic carboxylic acids is 1. The van der Waals surface area contributed by atoms with Gasteiger partial charge in [-0.1, -0.05) is 18.6 Å². The molecule has 164 valence electrons. The SMILES string of the molecule is COc1cc(C)c2[nH]ccc2c1CN1CCCCCNCC1c1ccc(C(=O)O)cc1. The fourth-order valence-corrected chi connectivity index (χ4v) is 4.62. The first-order valence-electron chi connectivity index (χ1n) is 11.0. The molecule has 3 aromatic rings. The molecule has 31 heavy (non-hydrogen) atoms. The van der Waals surface area contributed by atoms with Crippen molar-refractivity contribution < 1.29 is 14.6 Å². The van der Waals surface area contributed by atoms with Gasteiger partial charge in [-0.15, -0.1) is 0 Å². The topological polar surface area (TPSA) is 77.6 Å². The van der Waals surface area contributed by atoms with Gasteiger partial charge in [-0.2, -0.15) is 0 Å². The molecule has 0 bridgehead atoms. The van der Waals surface area contributed by atoms with Gasteiger partial charge in [0.15, 0.2) is 0 Å². The molecule has 6 heteroatoms. The van der Waals surface area contributed by atoms with E-state index >= 15 is 0 Å². The lowest BCUT2D eigenvalue weighted by molar-refractivity contribution is 0.0697. The smallest absolute Gasteiger partial charge is 0.335 e. The maximum atomic E-state index is 11.3. The second kappa shape index (κ2) is 9.54. The van der Waals surface area contributed by atoms with Gasteiger partial charge in [0, 0.05) is 41.8 Å². The highest BCUT2D eigenvalue weighted by Gasteiger charge is 2.24. The van der Waals surface area contributed by atoms with Gasteiger partial charge < -0.3 is 20.1 Å². The standard InChI is InChI=1S/C25H31N3O3/c1-17-14-23(31-2)21(20-10-12-27-24(17)20)16-28-13-5-3-4-11-26-15-22(28)18-6-8-19(9-7-18)25(29)30/h6-10,12,14,22,26-27H,3-5,11,13,15-16H2,1-2H3,(H,29,30). The lowest BCUT2D eigenvalue weighted by Gasteiger charge is -2.33. The van der Waals surface area contributed by atoms with Crippen LogP contribution in [-0.4, -0.2) is 47.7 Å². The molecule has 6 nitrogen and oxygen atoms in total. The first-order chi connectivity index (χ1) is 15.1. The summed E-state index contributed by atoms with van der Waals surface area (Å²) in [7, 11) is 1.74. The van der Waals surface area contributed by atoms with Crippen LogP contribution in [0.15, 0.2) is 42.6 Å². The van der Waals surface area contributed by atoms with E-state index in [1.54, 1.807) is 19.2 Å². The van der Waals surface area contributed by atoms with Crippen LogP contribution in [0.25, 0.3) is 10.9 Å². The molecule has 1 atom stereocenters. The number of ether oxygens (including phenoxy) is 1. The van der Waals surface area contributed by atoms with E-state index in [1.807, 2.05) is 18.3 Å². The second-order valence-corrected chi connectivity index (χ2v) is 8.32. The number of nitrogens with one attached hydrogen (secondary N) is 2. The number of carboxylic acids is 1. The number of carbonyl (C=O) groups is 1. The van der Waals surface area contributed by atoms with Crippen LogP contribution in [-0.2, 0) is 6.54 Å². The van der Waals surface area contributed by atoms with Crippen molar-refractivity contribution in [1.29, 1.82) is 0 Å². The third-order valence-electron chi connectivity index (χ3n) is 6.31. The molecule has 3 N–H and O–H groups in total. The summed E-state index contributed by atoms with van der Waals surface area (Å²) in [6, 6.07) is 11.7. The molecule has 2 aromatic carbocycles. The number of aromatic nitrogens is 1. The van der Waals surface area contributed by atoms with Crippen molar-refractivity contribution in [1.82, 2.24) is 15.2 Å². The first kappa shape index (κ1) is 21.4. The summed E-state index contributed by atoms with van der Waals surface area (Å²) in [5, 5.41) is 14.1. The Kier molecular flexibility index (Phi) is 6.59. The number of aryl methyl sites for hydroxylation is 1. The molecule has 0 amide bonds. The second-order valence-electron chi connectivity index (χ2n) is 8.32. The maximum absolute atomic E-state index is 11.3. The molecule has 0 saturated carbocycles. The third kappa shape index (κ3) is 4.60. The number of rotatable bonds is 5. The number of methoxy groups -OCH3 is 1. The summed E-state index contributed by atoms with van der Waals surface area (Å²) in [6.07, 6.45) is 5.49. The summed E-state index contributed by atoms with van der Waals surface area (Å²) in [4.78, 5) is 17.2. The molecule has 1 aliphatic rings. The van der Waals surface area contributed by atoms with Gasteiger partial charge in [0.2, 0.25) is 0 Å². The fourth-order valence-electron chi connectivity index (χ4n) is 4.62. The van der Waals surface area contributed by atoms with Gasteiger partial charge in [0.1, 0.15) is 5.75 Å². The lowest BCUT2D eigenvalue weighted by Crippen LogP contribution is -2.35. The largest absolute Gasteiger partial charge is 0.496 e. The van der Waals surface area contributed by atoms with E-state index in [-0.39, 0.29) is 6.04 Å². The number of nitrogens with zero attached hydrogens (tertiary/aromatic N) is 1. The molecular formula is C25H31N3O3. The Balaban J connectivity index is 1.72. The molecule has 1 saturated heterocycles. The highest BCUT2D eigenvalue weighted by molar-refractivity contribution is 5.88. The van der Waals surface area contributed by atoms with E-state index in [0.29, 0.717) is 5.56 Å². The number of benzene rings is 2. The van der Waals surface area contributed by atoms with Gasteiger partial charge >= 0.3 is 5.97 Å². The summed E-state index contributed by atoms with van der Waals surface area (Å²) in [6.45, 7) is 5.69. The molecule has 1 aliphatic heterocycles. The van der Waals surface area contributed by atoms with Crippen LogP contribution in [0.1, 0.15) is 52.4 Å². The summed E-state index contributed by atoms with van der Waals surface area (Å²) < 4.78 is 5.79. The summed E-state index contributed by atoms with van der Waals surface area (Å²) in [5.74, 6) is 0.0210. The fraction of sp³-hybridized carbons (Fsp3) is 0.400. The predicted octanol–water partition coefficient (Wildman–Crippen LogP) is 4.50. The van der Waals surface area contributed by atoms with E-state index < -0.39 is 5.97 Å². The third-order valence-corrected chi connectivity index (χ3v) is 6.31. The molecule has 2 heterocycles. The van der Waals surface area contributed by atoms with Crippen molar-refractivity contribution in [2.24, 2.45) is 0 Å². The summed E-state index contributed by atoms with van der Waals surface area (Å²) >= 11 is 0. The molecule has 4 rings (SSSR count). The number of fused-ring (bicyclic) bond motifs is 1. The zero-order valence-corrected chi connectivity index (χ0v) is 18.3. The molecule has 0 radical (unpaired) electrons. The Morgan fingerprint density at radius 2 is 2.00 bits per heavy atom. The van der Waals surface area contributed by atoms with Crippen LogP contribution in [0.4, 0.5) is 0 Å². The normalized spacial score (nSPS) is 18.3. The number of carboxylic acid groups (broad SMARTS) is 1. The van der Waals surface area contributed by atoms with E-state index in [0.717, 1.165) is 49.4 Å². The van der Waals surface area contributed by atoms with E-state index in [9.17, 15) is 9.90 Å². The van der Waals surface area contributed by atoms with Crippen molar-refractivity contribution in [2.75, 3.05) is 26.7 Å². The lowest BCUT2D eigenvalue weighted by atomic mass is 10.00. The quantitative estimate of drug-likeness (QED) is 0.565. The Morgan fingerprint density at radius 3 is 2.74 bits per heavy atom. The van der Waals surface area contributed by atoms with Crippen LogP contribution in [0.2, 0.25) is 0 Å². The number of hydrogen-bond acceptors (Lipinski definition) is 4. The minimum Gasteiger partial charge on any atom is -0.496 e. The number of aromatic amines is 1. The molecule has 1 unspecified atom stereocenters. The van der Waals surface area contributed by atoms with Crippen molar-refractivity contribution in [3.05, 3.63) is 64.8 Å². The monoisotopic (exact) mass is 421 g/mol. The van der Waals surface area contributed by atoms with Crippen LogP contribution >= 0.6 is 0 Å². The van der Waals surface area contributed by atoms with E-state index in [4.69, 9.17) is 4.74 Å². The van der Waals surface area contributed by atoms with E-state index in [1.165, 1.54) is 29.4 Å². The maximum Gasteiger partial charge on any atom is 0.335 e. The average Bonchev–Trinajstić information content (AvgIpc) is 3.30. The molecule has 1 fully saturated rings. The highest BCUT2D eigenvalue weighted by atomic mass is 16.5. The van der Waals surface area contributed by atoms with Crippen molar-refractivity contribution in [3.63, 3.8) is 0 Å². The molecular weight excluding hydrogens is 390 g/mol. The minimum atomic E-state index is -0.893. The van der Waals surface area contributed by atoms with Gasteiger partial charge in [0.05, 0.1) is 12.7 Å². The Hall–Kier alpha value is -2.83. The van der Waals surface area contributed by atoms with Crippen LogP contribution < -0.4 is 10.1 Å². The zero-order valence-electron chi connectivity index (χ0n) is 18.3. The Morgan fingerprint density at radius 1 is 1.19 bits per heavy atom. The van der Waals surface area contributed by atoms with Crippen LogP contribution in [0, 0.1) is 6.92 Å². The van der Waals surface area contributed by atoms with Gasteiger partial charge in [-0.3, -0.25) is 4.90 Å². The average molecular weight is 422 g/mol. The van der Waals surface area contributed by atoms with Crippen LogP contribution in [0.5, 0.6) is 5.75 Å². The number of H-pyrrole nitrogens is 1. The minimum absolute atomic E-state index is 0.154. The van der Waals surface area contributed by atoms with Crippen LogP contribution in [0.3, 0.4) is 0 Å². The Bertz CT molecular complexity index is 1040. The van der Waals surface area contributed by atoms with E-state index in [2.05, 4.69) is 34.3 Å². The van der Waals surface area contributed by atoms with Crippen molar-refractivity contribution in [3.8, 4) is 5.75 Å². The predicted molar refractivity (Wildman–Crippen MR) is 123 cm³/mol. The van der Waals surface area contributed by atoms with Gasteiger partial charge in [-0.25, -0.2) is 4.79 Å². The Labute approximate surface area is 183 Å². The van der Waals surface area contributed by atoms with Gasteiger partial charge in [-0.05, 0) is 68.2 Å². The summed E-state index contributed by atoms with van der Waals surface area (Å²) in [5.41, 5.74) is 4.97.